The molecule has 19 heavy (non-hydrogen) atoms. The number of pyridine rings is 1. The first-order chi connectivity index (χ1) is 8.77. The fourth-order valence-electron chi connectivity index (χ4n) is 2.00. The van der Waals surface area contributed by atoms with Gasteiger partial charge in [-0.25, -0.2) is 4.98 Å². The quantitative estimate of drug-likeness (QED) is 0.655. The van der Waals surface area contributed by atoms with Crippen LogP contribution in [-0.4, -0.2) is 29.8 Å². The lowest BCUT2D eigenvalue weighted by atomic mass is 9.80. The Balaban J connectivity index is 2.35. The van der Waals surface area contributed by atoms with Crippen molar-refractivity contribution in [1.29, 1.82) is 0 Å². The first-order valence-electron chi connectivity index (χ1n) is 6.48. The molecule has 2 N–H and O–H groups in total. The molecular formula is C13H20BFN2O2. The third kappa shape index (κ3) is 2.66. The topological polar surface area (TPSA) is 57.4 Å². The molecule has 0 aliphatic carbocycles. The molecule has 0 radical (unpaired) electrons. The van der Waals surface area contributed by atoms with Crippen LogP contribution in [0.2, 0.25) is 0 Å². The van der Waals surface area contributed by atoms with Gasteiger partial charge in [0.1, 0.15) is 0 Å². The highest BCUT2D eigenvalue weighted by Gasteiger charge is 2.52. The molecule has 1 fully saturated rings. The molecule has 0 atom stereocenters. The van der Waals surface area contributed by atoms with E-state index >= 15 is 0 Å². The Morgan fingerprint density at radius 1 is 1.21 bits per heavy atom. The van der Waals surface area contributed by atoms with E-state index in [2.05, 4.69) is 4.98 Å². The Morgan fingerprint density at radius 3 is 2.32 bits per heavy atom. The second kappa shape index (κ2) is 4.85. The smallest absolute Gasteiger partial charge is 0.398 e. The third-order valence-corrected chi connectivity index (χ3v) is 3.87. The molecule has 0 unspecified atom stereocenters. The van der Waals surface area contributed by atoms with Crippen LogP contribution in [0.25, 0.3) is 0 Å². The van der Waals surface area contributed by atoms with Gasteiger partial charge < -0.3 is 15.0 Å². The third-order valence-electron chi connectivity index (χ3n) is 3.87. The van der Waals surface area contributed by atoms with E-state index in [1.165, 1.54) is 6.07 Å². The number of hydrogen-bond donors (Lipinski definition) is 1. The summed E-state index contributed by atoms with van der Waals surface area (Å²) in [6, 6.07) is 3.02. The van der Waals surface area contributed by atoms with Crippen molar-refractivity contribution in [2.45, 2.75) is 45.3 Å². The fourth-order valence-corrected chi connectivity index (χ4v) is 2.00. The first kappa shape index (κ1) is 14.4. The number of nitrogens with zero attached hydrogens (tertiary/aromatic N) is 1. The molecule has 6 heteroatoms. The molecule has 1 aliphatic heterocycles. The molecule has 1 saturated heterocycles. The van der Waals surface area contributed by atoms with E-state index in [9.17, 15) is 4.39 Å². The highest BCUT2D eigenvalue weighted by molar-refractivity contribution is 6.61. The summed E-state index contributed by atoms with van der Waals surface area (Å²) in [4.78, 5) is 3.93. The van der Waals surface area contributed by atoms with E-state index in [-0.39, 0.29) is 0 Å². The molecule has 0 aromatic carbocycles. The van der Waals surface area contributed by atoms with Gasteiger partial charge >= 0.3 is 7.12 Å². The van der Waals surface area contributed by atoms with E-state index in [4.69, 9.17) is 15.0 Å². The maximum atomic E-state index is 13.4. The zero-order valence-corrected chi connectivity index (χ0v) is 11.9. The van der Waals surface area contributed by atoms with Gasteiger partial charge in [-0.15, -0.1) is 0 Å². The number of nitrogens with two attached hydrogens (primary N) is 1. The van der Waals surface area contributed by atoms with E-state index in [0.717, 1.165) is 5.56 Å². The van der Waals surface area contributed by atoms with Gasteiger partial charge in [0, 0.05) is 0 Å². The van der Waals surface area contributed by atoms with Crippen molar-refractivity contribution in [2.24, 2.45) is 5.73 Å². The summed E-state index contributed by atoms with van der Waals surface area (Å²) in [5, 5.41) is 0. The maximum absolute atomic E-state index is 13.4. The van der Waals surface area contributed by atoms with Crippen molar-refractivity contribution in [3.63, 3.8) is 0 Å². The van der Waals surface area contributed by atoms with Crippen LogP contribution >= 0.6 is 0 Å². The van der Waals surface area contributed by atoms with E-state index in [1.807, 2.05) is 27.7 Å². The Hall–Kier alpha value is -0.975. The van der Waals surface area contributed by atoms with Crippen LogP contribution in [0.1, 0.15) is 33.3 Å². The lowest BCUT2D eigenvalue weighted by molar-refractivity contribution is 0.00578. The second-order valence-electron chi connectivity index (χ2n) is 5.81. The summed E-state index contributed by atoms with van der Waals surface area (Å²) < 4.78 is 25.2. The molecule has 1 aromatic rings. The SMILES string of the molecule is CC1(C)OB(c2nc(F)ccc2CCN)OC1(C)C. The summed E-state index contributed by atoms with van der Waals surface area (Å²) in [6.45, 7) is 8.29. The van der Waals surface area contributed by atoms with Crippen LogP contribution in [0.15, 0.2) is 12.1 Å². The summed E-state index contributed by atoms with van der Waals surface area (Å²) in [5.41, 5.74) is 5.99. The number of hydrogen-bond acceptors (Lipinski definition) is 4. The van der Waals surface area contributed by atoms with Crippen molar-refractivity contribution in [2.75, 3.05) is 6.54 Å². The van der Waals surface area contributed by atoms with Crippen LogP contribution in [0.4, 0.5) is 4.39 Å². The predicted molar refractivity (Wildman–Crippen MR) is 72.7 cm³/mol. The normalized spacial score (nSPS) is 20.8. The standard InChI is InChI=1S/C13H20BFN2O2/c1-12(2)13(3,4)19-14(18-12)11-9(7-8-16)5-6-10(15)17-11/h5-6H,7-8,16H2,1-4H3. The zero-order chi connectivity index (χ0) is 14.3. The maximum Gasteiger partial charge on any atom is 0.514 e. The van der Waals surface area contributed by atoms with Gasteiger partial charge in [-0.05, 0) is 52.3 Å². The van der Waals surface area contributed by atoms with Crippen LogP contribution in [0, 0.1) is 5.95 Å². The monoisotopic (exact) mass is 266 g/mol. The lowest BCUT2D eigenvalue weighted by Gasteiger charge is -2.32. The largest absolute Gasteiger partial charge is 0.514 e. The number of aromatic nitrogens is 1. The Bertz CT molecular complexity index is 464. The van der Waals surface area contributed by atoms with Gasteiger partial charge in [-0.2, -0.15) is 4.39 Å². The summed E-state index contributed by atoms with van der Waals surface area (Å²) in [5.74, 6) is -0.537. The molecule has 104 valence electrons. The molecule has 4 nitrogen and oxygen atoms in total. The second-order valence-corrected chi connectivity index (χ2v) is 5.81. The van der Waals surface area contributed by atoms with Crippen LogP contribution in [0.3, 0.4) is 0 Å². The van der Waals surface area contributed by atoms with Gasteiger partial charge in [0.2, 0.25) is 5.95 Å². The number of halogens is 1. The summed E-state index contributed by atoms with van der Waals surface area (Å²) in [7, 11) is -0.651. The van der Waals surface area contributed by atoms with Gasteiger partial charge in [0.15, 0.2) is 0 Å². The van der Waals surface area contributed by atoms with Crippen molar-refractivity contribution in [3.8, 4) is 0 Å². The summed E-state index contributed by atoms with van der Waals surface area (Å²) >= 11 is 0. The van der Waals surface area contributed by atoms with Gasteiger partial charge in [0.05, 0.1) is 16.8 Å². The van der Waals surface area contributed by atoms with E-state index in [0.29, 0.717) is 18.6 Å². The average molecular weight is 266 g/mol. The highest BCUT2D eigenvalue weighted by atomic mass is 19.1. The van der Waals surface area contributed by atoms with Crippen LogP contribution in [-0.2, 0) is 15.7 Å². The molecule has 0 bridgehead atoms. The Morgan fingerprint density at radius 2 is 1.79 bits per heavy atom. The molecule has 1 aromatic heterocycles. The van der Waals surface area contributed by atoms with Crippen LogP contribution in [0.5, 0.6) is 0 Å². The average Bonchev–Trinajstić information content (AvgIpc) is 2.51. The van der Waals surface area contributed by atoms with Crippen molar-refractivity contribution in [1.82, 2.24) is 4.98 Å². The number of rotatable bonds is 3. The molecule has 1 aliphatic rings. The lowest BCUT2D eigenvalue weighted by Crippen LogP contribution is -2.41. The first-order valence-corrected chi connectivity index (χ1v) is 6.48. The van der Waals surface area contributed by atoms with E-state index < -0.39 is 24.3 Å². The van der Waals surface area contributed by atoms with Crippen LogP contribution < -0.4 is 11.3 Å². The Labute approximate surface area is 113 Å². The molecule has 2 rings (SSSR count). The fraction of sp³-hybridized carbons (Fsp3) is 0.615. The highest BCUT2D eigenvalue weighted by Crippen LogP contribution is 2.36. The molecule has 0 saturated carbocycles. The minimum atomic E-state index is -0.651. The Kier molecular flexibility index (Phi) is 3.68. The van der Waals surface area contributed by atoms with Gasteiger partial charge in [-0.3, -0.25) is 0 Å². The summed E-state index contributed by atoms with van der Waals surface area (Å²) in [6.07, 6.45) is 0.618. The molecule has 2 heterocycles. The minimum absolute atomic E-state index is 0.467. The van der Waals surface area contributed by atoms with Crippen molar-refractivity contribution < 1.29 is 13.7 Å². The van der Waals surface area contributed by atoms with E-state index in [1.54, 1.807) is 6.07 Å². The molecule has 0 amide bonds. The predicted octanol–water partition coefficient (Wildman–Crippen LogP) is 1.02. The molecule has 0 spiro atoms. The zero-order valence-electron chi connectivity index (χ0n) is 11.9. The van der Waals surface area contributed by atoms with Gasteiger partial charge in [0.25, 0.3) is 0 Å². The minimum Gasteiger partial charge on any atom is -0.398 e. The molecular weight excluding hydrogens is 246 g/mol. The van der Waals surface area contributed by atoms with Crippen molar-refractivity contribution >= 4 is 12.7 Å². The van der Waals surface area contributed by atoms with Gasteiger partial charge in [-0.1, -0.05) is 6.07 Å². The van der Waals surface area contributed by atoms with Crippen molar-refractivity contribution in [3.05, 3.63) is 23.6 Å².